The van der Waals surface area contributed by atoms with E-state index in [1.54, 1.807) is 34.6 Å². The minimum Gasteiger partial charge on any atom is -0.466 e. The lowest BCUT2D eigenvalue weighted by Crippen LogP contribution is -2.54. The molecule has 0 aliphatic heterocycles. The average Bonchev–Trinajstić information content (AvgIpc) is 2.80. The normalized spacial score (nSPS) is 13.7. The first-order valence-electron chi connectivity index (χ1n) is 12.7. The first kappa shape index (κ1) is 30.9. The number of alkyl carbamates (subject to hydrolysis) is 1. The van der Waals surface area contributed by atoms with Crippen molar-refractivity contribution in [2.75, 3.05) is 13.2 Å². The third-order valence-corrected chi connectivity index (χ3v) is 5.59. The molecule has 0 aliphatic rings. The summed E-state index contributed by atoms with van der Waals surface area (Å²) in [5.41, 5.74) is 1.02. The fourth-order valence-electron chi connectivity index (χ4n) is 3.56. The third kappa shape index (κ3) is 9.87. The Morgan fingerprint density at radius 3 is 2.11 bits per heavy atom. The summed E-state index contributed by atoms with van der Waals surface area (Å²) in [5.74, 6) is -1.24. The van der Waals surface area contributed by atoms with Gasteiger partial charge in [-0.15, -0.1) is 0 Å². The maximum atomic E-state index is 13.7. The number of carbonyl (C=O) groups excluding carboxylic acids is 4. The lowest BCUT2D eigenvalue weighted by atomic mass is 9.98. The average molecular weight is 506 g/mol. The molecule has 0 bridgehead atoms. The molecule has 0 spiro atoms. The Kier molecular flexibility index (Phi) is 12.4. The molecule has 36 heavy (non-hydrogen) atoms. The van der Waals surface area contributed by atoms with Gasteiger partial charge in [-0.05, 0) is 65.5 Å². The van der Waals surface area contributed by atoms with Crippen LogP contribution in [0.15, 0.2) is 24.3 Å². The van der Waals surface area contributed by atoms with Crippen LogP contribution in [-0.4, -0.2) is 59.6 Å². The smallest absolute Gasteiger partial charge is 0.408 e. The molecular weight excluding hydrogens is 462 g/mol. The molecule has 1 rings (SSSR count). The van der Waals surface area contributed by atoms with Crippen LogP contribution in [0.5, 0.6) is 0 Å². The van der Waals surface area contributed by atoms with E-state index < -0.39 is 41.6 Å². The van der Waals surface area contributed by atoms with Crippen LogP contribution in [-0.2, 0) is 30.3 Å². The maximum absolute atomic E-state index is 13.7. The van der Waals surface area contributed by atoms with Crippen molar-refractivity contribution in [2.24, 2.45) is 0 Å². The quantitative estimate of drug-likeness (QED) is 0.417. The van der Waals surface area contributed by atoms with E-state index in [2.05, 4.69) is 10.6 Å². The molecule has 0 aromatic heterocycles. The van der Waals surface area contributed by atoms with Crippen molar-refractivity contribution in [1.29, 1.82) is 0 Å². The molecule has 3 unspecified atom stereocenters. The standard InChI is InChI=1S/C27H43N3O6/c1-9-18(4)30(25(33)19(5)29-26(34)36-27(6,7)8)23(21-14-12-20(10-2)13-15-21)24(32)28-17-16-22(31)35-11-3/h12-15,18-19,23H,9-11,16-17H2,1-8H3,(H,28,32)(H,29,34). The van der Waals surface area contributed by atoms with E-state index in [1.165, 1.54) is 4.90 Å². The van der Waals surface area contributed by atoms with E-state index in [0.29, 0.717) is 12.0 Å². The maximum Gasteiger partial charge on any atom is 0.408 e. The van der Waals surface area contributed by atoms with Gasteiger partial charge in [-0.3, -0.25) is 14.4 Å². The highest BCUT2D eigenvalue weighted by molar-refractivity contribution is 5.92. The van der Waals surface area contributed by atoms with Crippen LogP contribution in [0.4, 0.5) is 4.79 Å². The van der Waals surface area contributed by atoms with Gasteiger partial charge in [0.05, 0.1) is 13.0 Å². The highest BCUT2D eigenvalue weighted by Gasteiger charge is 2.37. The number of rotatable bonds is 12. The van der Waals surface area contributed by atoms with Crippen molar-refractivity contribution in [2.45, 2.75) is 98.4 Å². The van der Waals surface area contributed by atoms with Gasteiger partial charge in [-0.25, -0.2) is 4.79 Å². The zero-order valence-electron chi connectivity index (χ0n) is 23.0. The Morgan fingerprint density at radius 2 is 1.61 bits per heavy atom. The van der Waals surface area contributed by atoms with Crippen molar-refractivity contribution in [3.8, 4) is 0 Å². The molecule has 1 aromatic rings. The van der Waals surface area contributed by atoms with Crippen molar-refractivity contribution in [1.82, 2.24) is 15.5 Å². The minimum absolute atomic E-state index is 0.0228. The summed E-state index contributed by atoms with van der Waals surface area (Å²) < 4.78 is 10.2. The van der Waals surface area contributed by atoms with Crippen molar-refractivity contribution in [3.05, 3.63) is 35.4 Å². The van der Waals surface area contributed by atoms with Gasteiger partial charge in [0.25, 0.3) is 0 Å². The summed E-state index contributed by atoms with van der Waals surface area (Å²) in [5, 5.41) is 5.36. The van der Waals surface area contributed by atoms with Crippen LogP contribution in [0, 0.1) is 0 Å². The van der Waals surface area contributed by atoms with Crippen LogP contribution >= 0.6 is 0 Å². The molecule has 0 fully saturated rings. The number of benzene rings is 1. The Bertz CT molecular complexity index is 878. The summed E-state index contributed by atoms with van der Waals surface area (Å²) in [6.45, 7) is 14.7. The molecule has 0 heterocycles. The fourth-order valence-corrected chi connectivity index (χ4v) is 3.56. The van der Waals surface area contributed by atoms with Crippen LogP contribution in [0.3, 0.4) is 0 Å². The summed E-state index contributed by atoms with van der Waals surface area (Å²) in [4.78, 5) is 52.7. The lowest BCUT2D eigenvalue weighted by Gasteiger charge is -2.37. The first-order chi connectivity index (χ1) is 16.8. The Balaban J connectivity index is 3.28. The highest BCUT2D eigenvalue weighted by Crippen LogP contribution is 2.26. The van der Waals surface area contributed by atoms with E-state index in [1.807, 2.05) is 45.0 Å². The van der Waals surface area contributed by atoms with Crippen molar-refractivity contribution >= 4 is 23.9 Å². The molecule has 3 amide bonds. The number of aryl methyl sites for hydroxylation is 1. The van der Waals surface area contributed by atoms with E-state index in [0.717, 1.165) is 12.0 Å². The fraction of sp³-hybridized carbons (Fsp3) is 0.630. The second-order valence-corrected chi connectivity index (χ2v) is 9.71. The largest absolute Gasteiger partial charge is 0.466 e. The number of carbonyl (C=O) groups is 4. The molecular formula is C27H43N3O6. The van der Waals surface area contributed by atoms with Gasteiger partial charge in [0.1, 0.15) is 17.7 Å². The molecule has 9 heteroatoms. The van der Waals surface area contributed by atoms with E-state index in [9.17, 15) is 19.2 Å². The molecule has 0 aliphatic carbocycles. The monoisotopic (exact) mass is 505 g/mol. The summed E-state index contributed by atoms with van der Waals surface area (Å²) in [7, 11) is 0. The first-order valence-corrected chi connectivity index (χ1v) is 12.7. The molecule has 0 saturated heterocycles. The Hall–Kier alpha value is -3.10. The molecule has 0 radical (unpaired) electrons. The molecule has 3 atom stereocenters. The predicted molar refractivity (Wildman–Crippen MR) is 138 cm³/mol. The molecule has 0 saturated carbocycles. The zero-order chi connectivity index (χ0) is 27.5. The van der Waals surface area contributed by atoms with E-state index >= 15 is 0 Å². The van der Waals surface area contributed by atoms with Crippen LogP contribution < -0.4 is 10.6 Å². The Morgan fingerprint density at radius 1 is 1.00 bits per heavy atom. The van der Waals surface area contributed by atoms with Gasteiger partial charge in [-0.1, -0.05) is 38.1 Å². The second kappa shape index (κ2) is 14.5. The van der Waals surface area contributed by atoms with Crippen LogP contribution in [0.2, 0.25) is 0 Å². The number of ether oxygens (including phenoxy) is 2. The van der Waals surface area contributed by atoms with Gasteiger partial charge in [-0.2, -0.15) is 0 Å². The summed E-state index contributed by atoms with van der Waals surface area (Å²) in [6, 6.07) is 5.33. The molecule has 1 aromatic carbocycles. The van der Waals surface area contributed by atoms with Crippen LogP contribution in [0.1, 0.15) is 85.4 Å². The Labute approximate surface area is 215 Å². The number of hydrogen-bond acceptors (Lipinski definition) is 6. The van der Waals surface area contributed by atoms with Gasteiger partial charge < -0.3 is 25.0 Å². The second-order valence-electron chi connectivity index (χ2n) is 9.71. The topological polar surface area (TPSA) is 114 Å². The number of amides is 3. The summed E-state index contributed by atoms with van der Waals surface area (Å²) >= 11 is 0. The molecule has 2 N–H and O–H groups in total. The van der Waals surface area contributed by atoms with Crippen LogP contribution in [0.25, 0.3) is 0 Å². The number of esters is 1. The number of hydrogen-bond donors (Lipinski definition) is 2. The molecule has 9 nitrogen and oxygen atoms in total. The lowest BCUT2D eigenvalue weighted by molar-refractivity contribution is -0.145. The molecule has 202 valence electrons. The highest BCUT2D eigenvalue weighted by atomic mass is 16.6. The van der Waals surface area contributed by atoms with Gasteiger partial charge >= 0.3 is 12.1 Å². The van der Waals surface area contributed by atoms with Gasteiger partial charge in [0, 0.05) is 12.6 Å². The minimum atomic E-state index is -0.955. The SMILES string of the molecule is CCOC(=O)CCNC(=O)C(c1ccc(CC)cc1)N(C(=O)C(C)NC(=O)OC(C)(C)C)C(C)CC. The van der Waals surface area contributed by atoms with E-state index in [-0.39, 0.29) is 25.6 Å². The zero-order valence-corrected chi connectivity index (χ0v) is 23.0. The van der Waals surface area contributed by atoms with E-state index in [4.69, 9.17) is 9.47 Å². The van der Waals surface area contributed by atoms with Gasteiger partial charge in [0.15, 0.2) is 0 Å². The van der Waals surface area contributed by atoms with Crippen molar-refractivity contribution < 1.29 is 28.7 Å². The predicted octanol–water partition coefficient (Wildman–Crippen LogP) is 3.90. The number of nitrogens with zero attached hydrogens (tertiary/aromatic N) is 1. The summed E-state index contributed by atoms with van der Waals surface area (Å²) in [6.07, 6.45) is 0.733. The third-order valence-electron chi connectivity index (χ3n) is 5.59. The number of nitrogens with one attached hydrogen (secondary N) is 2. The van der Waals surface area contributed by atoms with Crippen molar-refractivity contribution in [3.63, 3.8) is 0 Å². The van der Waals surface area contributed by atoms with Gasteiger partial charge in [0.2, 0.25) is 11.8 Å².